The molecule has 1 aliphatic rings. The molecule has 1 aromatic heterocycles. The van der Waals surface area contributed by atoms with Crippen LogP contribution in [-0.2, 0) is 11.3 Å². The van der Waals surface area contributed by atoms with Crippen molar-refractivity contribution in [3.8, 4) is 0 Å². The predicted octanol–water partition coefficient (Wildman–Crippen LogP) is 2.63. The minimum absolute atomic E-state index is 0.0560. The number of hydrogen-bond donors (Lipinski definition) is 1. The molecule has 6 heteroatoms. The molecule has 2 amide bonds. The Hall–Kier alpha value is -2.63. The van der Waals surface area contributed by atoms with Gasteiger partial charge in [0.15, 0.2) is 5.76 Å². The van der Waals surface area contributed by atoms with Crippen LogP contribution in [0.1, 0.15) is 59.6 Å². The molecule has 1 aliphatic heterocycles. The van der Waals surface area contributed by atoms with Gasteiger partial charge in [-0.3, -0.25) is 9.59 Å². The lowest BCUT2D eigenvalue weighted by Crippen LogP contribution is -2.30. The van der Waals surface area contributed by atoms with Gasteiger partial charge < -0.3 is 14.7 Å². The topological polar surface area (TPSA) is 75.4 Å². The van der Waals surface area contributed by atoms with Gasteiger partial charge in [0.25, 0.3) is 5.91 Å². The highest BCUT2D eigenvalue weighted by molar-refractivity contribution is 5.99. The van der Waals surface area contributed by atoms with Crippen LogP contribution in [0.2, 0.25) is 0 Å². The maximum atomic E-state index is 12.5. The van der Waals surface area contributed by atoms with Crippen molar-refractivity contribution < 1.29 is 14.1 Å². The van der Waals surface area contributed by atoms with Gasteiger partial charge in [0.05, 0.1) is 24.7 Å². The number of hydrogen-bond acceptors (Lipinski definition) is 4. The fraction of sp³-hybridized carbons (Fsp3) is 0.389. The molecule has 24 heavy (non-hydrogen) atoms. The highest BCUT2D eigenvalue weighted by Crippen LogP contribution is 2.28. The van der Waals surface area contributed by atoms with E-state index in [2.05, 4.69) is 10.5 Å². The van der Waals surface area contributed by atoms with E-state index in [0.717, 1.165) is 11.3 Å². The highest BCUT2D eigenvalue weighted by atomic mass is 16.5. The Morgan fingerprint density at radius 2 is 2.12 bits per heavy atom. The van der Waals surface area contributed by atoms with Crippen LogP contribution in [0.25, 0.3) is 0 Å². The fourth-order valence-corrected chi connectivity index (χ4v) is 2.81. The SMILES string of the molecule is CC(C)c1cc(CN(C)C(=O)CC2NC(=O)c3ccccc32)on1. The van der Waals surface area contributed by atoms with E-state index in [1.165, 1.54) is 0 Å². The smallest absolute Gasteiger partial charge is 0.252 e. The molecule has 2 aromatic rings. The van der Waals surface area contributed by atoms with Gasteiger partial charge in [0, 0.05) is 18.7 Å². The van der Waals surface area contributed by atoms with Crippen LogP contribution in [0.4, 0.5) is 0 Å². The Labute approximate surface area is 140 Å². The summed E-state index contributed by atoms with van der Waals surface area (Å²) in [5, 5.41) is 6.87. The second-order valence-electron chi connectivity index (χ2n) is 6.44. The summed E-state index contributed by atoms with van der Waals surface area (Å²) in [5.41, 5.74) is 2.41. The molecule has 0 fully saturated rings. The number of aromatic nitrogens is 1. The Bertz CT molecular complexity index is 766. The van der Waals surface area contributed by atoms with Crippen molar-refractivity contribution in [2.75, 3.05) is 7.05 Å². The Kier molecular flexibility index (Phi) is 4.38. The number of nitrogens with zero attached hydrogens (tertiary/aromatic N) is 2. The molecule has 0 saturated heterocycles. The van der Waals surface area contributed by atoms with Gasteiger partial charge in [-0.2, -0.15) is 0 Å². The summed E-state index contributed by atoms with van der Waals surface area (Å²) < 4.78 is 5.28. The van der Waals surface area contributed by atoms with Crippen molar-refractivity contribution in [3.63, 3.8) is 0 Å². The predicted molar refractivity (Wildman–Crippen MR) is 88.3 cm³/mol. The van der Waals surface area contributed by atoms with E-state index in [1.54, 1.807) is 18.0 Å². The van der Waals surface area contributed by atoms with Gasteiger partial charge in [-0.15, -0.1) is 0 Å². The fourth-order valence-electron chi connectivity index (χ4n) is 2.81. The normalized spacial score (nSPS) is 16.2. The van der Waals surface area contributed by atoms with Crippen LogP contribution in [0.5, 0.6) is 0 Å². The van der Waals surface area contributed by atoms with Crippen LogP contribution in [0.3, 0.4) is 0 Å². The molecule has 1 aromatic carbocycles. The van der Waals surface area contributed by atoms with Gasteiger partial charge in [-0.05, 0) is 17.5 Å². The lowest BCUT2D eigenvalue weighted by molar-refractivity contribution is -0.131. The molecular formula is C18H21N3O3. The summed E-state index contributed by atoms with van der Waals surface area (Å²) in [6, 6.07) is 8.97. The summed E-state index contributed by atoms with van der Waals surface area (Å²) in [7, 11) is 1.72. The van der Waals surface area contributed by atoms with Gasteiger partial charge >= 0.3 is 0 Å². The molecule has 1 N–H and O–H groups in total. The largest absolute Gasteiger partial charge is 0.359 e. The zero-order chi connectivity index (χ0) is 17.3. The average Bonchev–Trinajstić information content (AvgIpc) is 3.13. The summed E-state index contributed by atoms with van der Waals surface area (Å²) in [5.74, 6) is 0.765. The first-order valence-electron chi connectivity index (χ1n) is 8.05. The minimum atomic E-state index is -0.274. The Balaban J connectivity index is 1.63. The number of carbonyl (C=O) groups excluding carboxylic acids is 2. The summed E-state index contributed by atoms with van der Waals surface area (Å²) >= 11 is 0. The molecule has 0 radical (unpaired) electrons. The number of amides is 2. The number of carbonyl (C=O) groups is 2. The first-order chi connectivity index (χ1) is 11.5. The van der Waals surface area contributed by atoms with E-state index in [9.17, 15) is 9.59 Å². The van der Waals surface area contributed by atoms with E-state index in [1.807, 2.05) is 38.1 Å². The van der Waals surface area contributed by atoms with Crippen LogP contribution in [0.15, 0.2) is 34.9 Å². The van der Waals surface area contributed by atoms with Crippen molar-refractivity contribution in [3.05, 3.63) is 52.9 Å². The minimum Gasteiger partial charge on any atom is -0.359 e. The van der Waals surface area contributed by atoms with Crippen molar-refractivity contribution in [1.29, 1.82) is 0 Å². The molecule has 0 saturated carbocycles. The molecule has 6 nitrogen and oxygen atoms in total. The first kappa shape index (κ1) is 16.2. The van der Waals surface area contributed by atoms with Gasteiger partial charge in [0.2, 0.25) is 5.91 Å². The quantitative estimate of drug-likeness (QED) is 0.916. The van der Waals surface area contributed by atoms with Crippen LogP contribution >= 0.6 is 0 Å². The maximum Gasteiger partial charge on any atom is 0.252 e. The molecule has 0 bridgehead atoms. The van der Waals surface area contributed by atoms with Gasteiger partial charge in [0.1, 0.15) is 0 Å². The van der Waals surface area contributed by atoms with Crippen molar-refractivity contribution in [1.82, 2.24) is 15.4 Å². The average molecular weight is 327 g/mol. The van der Waals surface area contributed by atoms with E-state index in [4.69, 9.17) is 4.52 Å². The third kappa shape index (κ3) is 3.18. The molecular weight excluding hydrogens is 306 g/mol. The summed E-state index contributed by atoms with van der Waals surface area (Å²) in [6.45, 7) is 4.44. The lowest BCUT2D eigenvalue weighted by Gasteiger charge is -2.18. The van der Waals surface area contributed by atoms with E-state index in [-0.39, 0.29) is 30.2 Å². The third-order valence-corrected chi connectivity index (χ3v) is 4.25. The number of fused-ring (bicyclic) bond motifs is 1. The molecule has 2 heterocycles. The Morgan fingerprint density at radius 1 is 1.38 bits per heavy atom. The van der Waals surface area contributed by atoms with E-state index in [0.29, 0.717) is 17.9 Å². The monoisotopic (exact) mass is 327 g/mol. The van der Waals surface area contributed by atoms with E-state index < -0.39 is 0 Å². The molecule has 1 unspecified atom stereocenters. The molecule has 0 spiro atoms. The van der Waals surface area contributed by atoms with Crippen LogP contribution in [-0.4, -0.2) is 28.9 Å². The first-order valence-corrected chi connectivity index (χ1v) is 8.05. The number of benzene rings is 1. The standard InChI is InChI=1S/C18H21N3O3/c1-11(2)15-8-12(24-20-15)10-21(3)17(22)9-16-13-6-4-5-7-14(13)18(23)19-16/h4-8,11,16H,9-10H2,1-3H3,(H,19,23). The molecule has 126 valence electrons. The number of nitrogens with one attached hydrogen (secondary N) is 1. The molecule has 1 atom stereocenters. The third-order valence-electron chi connectivity index (χ3n) is 4.25. The second-order valence-corrected chi connectivity index (χ2v) is 6.44. The van der Waals surface area contributed by atoms with Crippen molar-refractivity contribution >= 4 is 11.8 Å². The Morgan fingerprint density at radius 3 is 2.83 bits per heavy atom. The lowest BCUT2D eigenvalue weighted by atomic mass is 10.0. The number of rotatable bonds is 5. The molecule has 0 aliphatic carbocycles. The van der Waals surface area contributed by atoms with Crippen molar-refractivity contribution in [2.24, 2.45) is 0 Å². The zero-order valence-electron chi connectivity index (χ0n) is 14.1. The van der Waals surface area contributed by atoms with E-state index >= 15 is 0 Å². The summed E-state index contributed by atoms with van der Waals surface area (Å²) in [6.07, 6.45) is 0.227. The highest BCUT2D eigenvalue weighted by Gasteiger charge is 2.30. The van der Waals surface area contributed by atoms with Gasteiger partial charge in [-0.25, -0.2) is 0 Å². The second kappa shape index (κ2) is 6.47. The van der Waals surface area contributed by atoms with Gasteiger partial charge in [-0.1, -0.05) is 37.2 Å². The van der Waals surface area contributed by atoms with Crippen molar-refractivity contribution in [2.45, 2.75) is 38.8 Å². The van der Waals surface area contributed by atoms with Crippen LogP contribution in [0, 0.1) is 0 Å². The zero-order valence-corrected chi connectivity index (χ0v) is 14.1. The maximum absolute atomic E-state index is 12.5. The molecule has 3 rings (SSSR count). The van der Waals surface area contributed by atoms with Crippen LogP contribution < -0.4 is 5.32 Å². The summed E-state index contributed by atoms with van der Waals surface area (Å²) in [4.78, 5) is 26.0.